The van der Waals surface area contributed by atoms with Crippen LogP contribution in [-0.2, 0) is 4.79 Å². The molecular formula is C16H24N4OS. The van der Waals surface area contributed by atoms with Crippen molar-refractivity contribution in [2.24, 2.45) is 23.2 Å². The van der Waals surface area contributed by atoms with Gasteiger partial charge in [0.15, 0.2) is 5.16 Å². The molecule has 1 amide bonds. The Morgan fingerprint density at radius 2 is 2.00 bits per heavy atom. The molecular weight excluding hydrogens is 296 g/mol. The van der Waals surface area contributed by atoms with E-state index in [1.54, 1.807) is 0 Å². The van der Waals surface area contributed by atoms with Gasteiger partial charge in [0.25, 0.3) is 0 Å². The van der Waals surface area contributed by atoms with Crippen molar-refractivity contribution in [3.8, 4) is 0 Å². The highest BCUT2D eigenvalue weighted by Crippen LogP contribution is 2.61. The van der Waals surface area contributed by atoms with Crippen LogP contribution in [0.1, 0.15) is 45.4 Å². The van der Waals surface area contributed by atoms with Gasteiger partial charge in [-0.3, -0.25) is 9.89 Å². The molecule has 6 heteroatoms. The molecule has 4 bridgehead atoms. The summed E-state index contributed by atoms with van der Waals surface area (Å²) in [6.07, 6.45) is 9.79. The van der Waals surface area contributed by atoms with Gasteiger partial charge in [0, 0.05) is 6.04 Å². The molecule has 4 fully saturated rings. The smallest absolute Gasteiger partial charge is 0.230 e. The first-order valence-corrected chi connectivity index (χ1v) is 9.39. The molecule has 4 saturated carbocycles. The van der Waals surface area contributed by atoms with Crippen molar-refractivity contribution in [3.05, 3.63) is 6.33 Å². The number of rotatable bonds is 5. The van der Waals surface area contributed by atoms with E-state index in [2.05, 4.69) is 27.4 Å². The fraction of sp³-hybridized carbons (Fsp3) is 0.812. The van der Waals surface area contributed by atoms with Gasteiger partial charge < -0.3 is 5.32 Å². The quantitative estimate of drug-likeness (QED) is 0.818. The Labute approximate surface area is 135 Å². The van der Waals surface area contributed by atoms with Gasteiger partial charge in [-0.15, -0.1) is 0 Å². The van der Waals surface area contributed by atoms with E-state index in [1.165, 1.54) is 56.6 Å². The summed E-state index contributed by atoms with van der Waals surface area (Å²) >= 11 is 1.41. The van der Waals surface area contributed by atoms with Crippen molar-refractivity contribution in [1.82, 2.24) is 20.5 Å². The predicted octanol–water partition coefficient (Wildman–Crippen LogP) is 2.62. The summed E-state index contributed by atoms with van der Waals surface area (Å²) < 4.78 is 0. The number of carbonyl (C=O) groups is 1. The molecule has 120 valence electrons. The fourth-order valence-corrected chi connectivity index (χ4v) is 6.13. The normalized spacial score (nSPS) is 37.2. The monoisotopic (exact) mass is 320 g/mol. The molecule has 22 heavy (non-hydrogen) atoms. The molecule has 5 nitrogen and oxygen atoms in total. The molecule has 0 saturated heterocycles. The average molecular weight is 320 g/mol. The van der Waals surface area contributed by atoms with E-state index >= 15 is 0 Å². The minimum Gasteiger partial charge on any atom is -0.352 e. The van der Waals surface area contributed by atoms with Crippen molar-refractivity contribution in [3.63, 3.8) is 0 Å². The lowest BCUT2D eigenvalue weighted by atomic mass is 9.48. The highest BCUT2D eigenvalue weighted by Gasteiger charge is 2.53. The number of hydrogen-bond acceptors (Lipinski definition) is 4. The minimum absolute atomic E-state index is 0.115. The number of nitrogens with one attached hydrogen (secondary N) is 2. The Kier molecular flexibility index (Phi) is 3.67. The minimum atomic E-state index is 0.115. The summed E-state index contributed by atoms with van der Waals surface area (Å²) in [6.45, 7) is 2.23. The van der Waals surface area contributed by atoms with E-state index in [1.807, 2.05) is 0 Å². The fourth-order valence-electron chi connectivity index (χ4n) is 5.54. The standard InChI is InChI=1S/C16H24N4OS/c1-10(19-14(21)8-22-15-17-9-18-20-15)16-5-11-2-12(6-16)4-13(3-11)7-16/h9-13H,2-8H2,1H3,(H,19,21)(H,17,18,20)/t10-,11?,12?,13?,16?/m0/s1. The first-order chi connectivity index (χ1) is 10.6. The summed E-state index contributed by atoms with van der Waals surface area (Å²) in [5.41, 5.74) is 0.376. The molecule has 1 aromatic heterocycles. The van der Waals surface area contributed by atoms with Crippen LogP contribution in [0.25, 0.3) is 0 Å². The van der Waals surface area contributed by atoms with Crippen LogP contribution in [0, 0.1) is 23.2 Å². The Balaban J connectivity index is 1.35. The van der Waals surface area contributed by atoms with Gasteiger partial charge >= 0.3 is 0 Å². The zero-order chi connectivity index (χ0) is 15.2. The van der Waals surface area contributed by atoms with Crippen LogP contribution < -0.4 is 5.32 Å². The highest BCUT2D eigenvalue weighted by atomic mass is 32.2. The van der Waals surface area contributed by atoms with Gasteiger partial charge in [-0.25, -0.2) is 4.98 Å². The molecule has 0 spiro atoms. The van der Waals surface area contributed by atoms with Crippen LogP contribution in [0.15, 0.2) is 11.5 Å². The van der Waals surface area contributed by atoms with E-state index in [0.717, 1.165) is 17.8 Å². The van der Waals surface area contributed by atoms with Crippen molar-refractivity contribution >= 4 is 17.7 Å². The number of H-pyrrole nitrogens is 1. The lowest BCUT2D eigenvalue weighted by molar-refractivity contribution is -0.123. The molecule has 4 aliphatic carbocycles. The van der Waals surface area contributed by atoms with Gasteiger partial charge in [-0.1, -0.05) is 11.8 Å². The average Bonchev–Trinajstić information content (AvgIpc) is 2.97. The third-order valence-corrected chi connectivity index (χ3v) is 6.99. The van der Waals surface area contributed by atoms with E-state index in [0.29, 0.717) is 22.4 Å². The second-order valence-corrected chi connectivity index (χ2v) is 8.61. The number of carbonyl (C=O) groups excluding carboxylic acids is 1. The van der Waals surface area contributed by atoms with E-state index in [4.69, 9.17) is 0 Å². The van der Waals surface area contributed by atoms with E-state index in [9.17, 15) is 4.79 Å². The van der Waals surface area contributed by atoms with Gasteiger partial charge in [0.2, 0.25) is 5.91 Å². The summed E-state index contributed by atoms with van der Waals surface area (Å²) in [5, 5.41) is 10.6. The molecule has 1 atom stereocenters. The lowest BCUT2D eigenvalue weighted by Gasteiger charge is -2.59. The number of aromatic amines is 1. The molecule has 0 unspecified atom stereocenters. The molecule has 2 N–H and O–H groups in total. The molecule has 1 aromatic rings. The summed E-state index contributed by atoms with van der Waals surface area (Å²) in [6, 6.07) is 0.295. The number of hydrogen-bond donors (Lipinski definition) is 2. The van der Waals surface area contributed by atoms with Gasteiger partial charge in [-0.2, -0.15) is 5.10 Å². The van der Waals surface area contributed by atoms with Crippen LogP contribution in [0.5, 0.6) is 0 Å². The van der Waals surface area contributed by atoms with Crippen LogP contribution >= 0.6 is 11.8 Å². The third-order valence-electron chi connectivity index (χ3n) is 6.11. The molecule has 0 radical (unpaired) electrons. The van der Waals surface area contributed by atoms with E-state index in [-0.39, 0.29) is 5.91 Å². The lowest BCUT2D eigenvalue weighted by Crippen LogP contribution is -2.56. The predicted molar refractivity (Wildman–Crippen MR) is 85.3 cm³/mol. The van der Waals surface area contributed by atoms with Crippen LogP contribution in [0.4, 0.5) is 0 Å². The Morgan fingerprint density at radius 1 is 1.36 bits per heavy atom. The zero-order valence-corrected chi connectivity index (χ0v) is 13.9. The number of amides is 1. The molecule has 5 rings (SSSR count). The third kappa shape index (κ3) is 2.66. The van der Waals surface area contributed by atoms with Gasteiger partial charge in [0.05, 0.1) is 5.75 Å². The Morgan fingerprint density at radius 3 is 2.55 bits per heavy atom. The topological polar surface area (TPSA) is 70.7 Å². The van der Waals surface area contributed by atoms with Crippen molar-refractivity contribution < 1.29 is 4.79 Å². The maximum absolute atomic E-state index is 12.2. The number of thioether (sulfide) groups is 1. The molecule has 0 aromatic carbocycles. The van der Waals surface area contributed by atoms with Gasteiger partial charge in [-0.05, 0) is 68.6 Å². The maximum atomic E-state index is 12.2. The van der Waals surface area contributed by atoms with Gasteiger partial charge in [0.1, 0.15) is 6.33 Å². The second-order valence-electron chi connectivity index (χ2n) is 7.65. The summed E-state index contributed by atoms with van der Waals surface area (Å²) in [5.74, 6) is 3.30. The second kappa shape index (κ2) is 5.55. The number of aromatic nitrogens is 3. The Bertz CT molecular complexity index is 509. The Hall–Kier alpha value is -1.04. The zero-order valence-electron chi connectivity index (χ0n) is 13.0. The van der Waals surface area contributed by atoms with Crippen LogP contribution in [0.2, 0.25) is 0 Å². The van der Waals surface area contributed by atoms with Crippen molar-refractivity contribution in [2.45, 2.75) is 56.6 Å². The van der Waals surface area contributed by atoms with E-state index < -0.39 is 0 Å². The van der Waals surface area contributed by atoms with Crippen molar-refractivity contribution in [1.29, 1.82) is 0 Å². The highest BCUT2D eigenvalue weighted by molar-refractivity contribution is 7.99. The maximum Gasteiger partial charge on any atom is 0.230 e. The first kappa shape index (κ1) is 14.5. The number of nitrogens with zero attached hydrogens (tertiary/aromatic N) is 2. The summed E-state index contributed by atoms with van der Waals surface area (Å²) in [7, 11) is 0. The molecule has 0 aliphatic heterocycles. The SMILES string of the molecule is C[C@H](NC(=O)CSc1ncn[nH]1)C12CC3CC(CC(C3)C1)C2. The molecule has 1 heterocycles. The van der Waals surface area contributed by atoms with Crippen LogP contribution in [-0.4, -0.2) is 32.9 Å². The molecule has 4 aliphatic rings. The summed E-state index contributed by atoms with van der Waals surface area (Å²) in [4.78, 5) is 16.3. The van der Waals surface area contributed by atoms with Crippen molar-refractivity contribution in [2.75, 3.05) is 5.75 Å². The van der Waals surface area contributed by atoms with Crippen LogP contribution in [0.3, 0.4) is 0 Å². The first-order valence-electron chi connectivity index (χ1n) is 8.40. The largest absolute Gasteiger partial charge is 0.352 e.